The Bertz CT molecular complexity index is 610. The number of carboxylic acids is 1. The third kappa shape index (κ3) is 1.98. The van der Waals surface area contributed by atoms with Crippen molar-refractivity contribution in [2.45, 2.75) is 6.92 Å². The van der Waals surface area contributed by atoms with Gasteiger partial charge < -0.3 is 9.84 Å². The average molecular weight is 296 g/mol. The van der Waals surface area contributed by atoms with Crippen LogP contribution < -0.4 is 4.74 Å². The number of carbonyl (C=O) groups is 1. The van der Waals surface area contributed by atoms with Crippen LogP contribution in [-0.4, -0.2) is 23.2 Å². The highest BCUT2D eigenvalue weighted by Crippen LogP contribution is 2.31. The van der Waals surface area contributed by atoms with Gasteiger partial charge >= 0.3 is 5.97 Å². The Morgan fingerprint density at radius 3 is 2.76 bits per heavy atom. The van der Waals surface area contributed by atoms with E-state index in [4.69, 9.17) is 9.84 Å². The fraction of sp³-hybridized carbons (Fsp3) is 0.167. The number of aromatic nitrogens is 1. The van der Waals surface area contributed by atoms with Crippen LogP contribution >= 0.6 is 15.9 Å². The topological polar surface area (TPSA) is 59.4 Å². The molecule has 2 rings (SSSR count). The van der Waals surface area contributed by atoms with Gasteiger partial charge in [-0.3, -0.25) is 0 Å². The van der Waals surface area contributed by atoms with Crippen molar-refractivity contribution in [2.75, 3.05) is 7.11 Å². The van der Waals surface area contributed by atoms with Gasteiger partial charge in [-0.05, 0) is 24.6 Å². The molecule has 0 atom stereocenters. The molecule has 4 nitrogen and oxygen atoms in total. The molecule has 0 saturated heterocycles. The van der Waals surface area contributed by atoms with Gasteiger partial charge in [-0.1, -0.05) is 15.9 Å². The van der Waals surface area contributed by atoms with Crippen LogP contribution in [0, 0.1) is 6.92 Å². The van der Waals surface area contributed by atoms with E-state index in [2.05, 4.69) is 20.9 Å². The molecule has 5 heteroatoms. The number of carboxylic acid groups (broad SMARTS) is 1. The van der Waals surface area contributed by atoms with E-state index in [0.29, 0.717) is 11.3 Å². The molecule has 0 amide bonds. The Kier molecular flexibility index (Phi) is 3.02. The molecule has 0 bridgehead atoms. The second-order valence-electron chi connectivity index (χ2n) is 3.58. The molecule has 0 saturated carbocycles. The summed E-state index contributed by atoms with van der Waals surface area (Å²) in [6.45, 7) is 1.88. The number of aryl methyl sites for hydroxylation is 1. The Morgan fingerprint density at radius 1 is 1.47 bits per heavy atom. The summed E-state index contributed by atoms with van der Waals surface area (Å²) < 4.78 is 6.09. The van der Waals surface area contributed by atoms with E-state index in [1.165, 1.54) is 13.2 Å². The van der Waals surface area contributed by atoms with Crippen molar-refractivity contribution >= 4 is 32.8 Å². The molecule has 0 spiro atoms. The third-order valence-corrected chi connectivity index (χ3v) is 3.43. The van der Waals surface area contributed by atoms with Crippen molar-refractivity contribution in [1.82, 2.24) is 4.98 Å². The Hall–Kier alpha value is -1.62. The normalized spacial score (nSPS) is 10.5. The molecular weight excluding hydrogens is 286 g/mol. The Balaban J connectivity index is 2.88. The summed E-state index contributed by atoms with van der Waals surface area (Å²) in [5.74, 6) is -0.549. The molecule has 0 radical (unpaired) electrons. The van der Waals surface area contributed by atoms with Crippen LogP contribution in [0.2, 0.25) is 0 Å². The van der Waals surface area contributed by atoms with Crippen LogP contribution in [0.1, 0.15) is 16.1 Å². The summed E-state index contributed by atoms with van der Waals surface area (Å²) in [5, 5.41) is 9.80. The van der Waals surface area contributed by atoms with Gasteiger partial charge in [0.25, 0.3) is 0 Å². The highest BCUT2D eigenvalue weighted by molar-refractivity contribution is 9.10. The molecule has 0 aliphatic rings. The lowest BCUT2D eigenvalue weighted by atomic mass is 10.1. The first-order valence-corrected chi connectivity index (χ1v) is 5.71. The van der Waals surface area contributed by atoms with Crippen LogP contribution in [0.4, 0.5) is 0 Å². The predicted molar refractivity (Wildman–Crippen MR) is 67.7 cm³/mol. The Morgan fingerprint density at radius 2 is 2.18 bits per heavy atom. The van der Waals surface area contributed by atoms with E-state index < -0.39 is 5.97 Å². The van der Waals surface area contributed by atoms with E-state index in [1.54, 1.807) is 0 Å². The van der Waals surface area contributed by atoms with Gasteiger partial charge in [-0.25, -0.2) is 9.78 Å². The van der Waals surface area contributed by atoms with Gasteiger partial charge in [0.05, 0.1) is 12.6 Å². The van der Waals surface area contributed by atoms with Gasteiger partial charge in [-0.15, -0.1) is 0 Å². The fourth-order valence-corrected chi connectivity index (χ4v) is 1.97. The van der Waals surface area contributed by atoms with Gasteiger partial charge in [0.2, 0.25) is 0 Å². The minimum absolute atomic E-state index is 0.0180. The number of hydrogen-bond acceptors (Lipinski definition) is 3. The van der Waals surface area contributed by atoms with Gasteiger partial charge in [-0.2, -0.15) is 0 Å². The number of rotatable bonds is 2. The number of ether oxygens (including phenoxy) is 1. The molecule has 0 unspecified atom stereocenters. The summed E-state index contributed by atoms with van der Waals surface area (Å²) in [6.07, 6.45) is 0. The van der Waals surface area contributed by atoms with Crippen molar-refractivity contribution in [2.24, 2.45) is 0 Å². The second kappa shape index (κ2) is 4.33. The first-order chi connectivity index (χ1) is 8.04. The molecular formula is C12H10BrNO3. The average Bonchev–Trinajstić information content (AvgIpc) is 2.32. The van der Waals surface area contributed by atoms with E-state index in [9.17, 15) is 4.79 Å². The van der Waals surface area contributed by atoms with Crippen molar-refractivity contribution in [3.63, 3.8) is 0 Å². The first kappa shape index (κ1) is 11.9. The molecule has 0 fully saturated rings. The molecule has 1 N–H and O–H groups in total. The number of methoxy groups -OCH3 is 1. The van der Waals surface area contributed by atoms with Crippen LogP contribution in [-0.2, 0) is 0 Å². The molecule has 2 aromatic rings. The molecule has 17 heavy (non-hydrogen) atoms. The fourth-order valence-electron chi connectivity index (χ4n) is 1.65. The van der Waals surface area contributed by atoms with E-state index in [-0.39, 0.29) is 5.69 Å². The SMILES string of the molecule is COc1cc(C(=O)O)nc2c(C)c(Br)ccc12. The number of hydrogen-bond donors (Lipinski definition) is 1. The van der Waals surface area contributed by atoms with Crippen LogP contribution in [0.5, 0.6) is 5.75 Å². The maximum absolute atomic E-state index is 11.0. The number of fused-ring (bicyclic) bond motifs is 1. The lowest BCUT2D eigenvalue weighted by Gasteiger charge is -2.09. The largest absolute Gasteiger partial charge is 0.496 e. The maximum atomic E-state index is 11.0. The van der Waals surface area contributed by atoms with Crippen LogP contribution in [0.15, 0.2) is 22.7 Å². The first-order valence-electron chi connectivity index (χ1n) is 4.91. The number of pyridine rings is 1. The maximum Gasteiger partial charge on any atom is 0.354 e. The molecule has 1 heterocycles. The minimum atomic E-state index is -1.07. The molecule has 0 aliphatic heterocycles. The van der Waals surface area contributed by atoms with Crippen molar-refractivity contribution in [3.05, 3.63) is 33.9 Å². The smallest absolute Gasteiger partial charge is 0.354 e. The summed E-state index contributed by atoms with van der Waals surface area (Å²) in [6, 6.07) is 5.17. The lowest BCUT2D eigenvalue weighted by Crippen LogP contribution is -2.02. The zero-order chi connectivity index (χ0) is 12.6. The van der Waals surface area contributed by atoms with E-state index in [0.717, 1.165) is 15.4 Å². The molecule has 1 aromatic carbocycles. The standard InChI is InChI=1S/C12H10BrNO3/c1-6-8(13)4-3-7-10(17-2)5-9(12(15)16)14-11(6)7/h3-5H,1-2H3,(H,15,16). The summed E-state index contributed by atoms with van der Waals surface area (Å²) in [5.41, 5.74) is 1.51. The zero-order valence-electron chi connectivity index (χ0n) is 9.32. The van der Waals surface area contributed by atoms with Crippen molar-refractivity contribution in [1.29, 1.82) is 0 Å². The van der Waals surface area contributed by atoms with Gasteiger partial charge in [0, 0.05) is 15.9 Å². The molecule has 0 aliphatic carbocycles. The number of aromatic carboxylic acids is 1. The quantitative estimate of drug-likeness (QED) is 0.925. The predicted octanol–water partition coefficient (Wildman–Crippen LogP) is 3.01. The van der Waals surface area contributed by atoms with Crippen molar-refractivity contribution < 1.29 is 14.6 Å². The highest BCUT2D eigenvalue weighted by atomic mass is 79.9. The lowest BCUT2D eigenvalue weighted by molar-refractivity contribution is 0.0690. The van der Waals surface area contributed by atoms with Crippen LogP contribution in [0.25, 0.3) is 10.9 Å². The van der Waals surface area contributed by atoms with E-state index >= 15 is 0 Å². The number of halogens is 1. The third-order valence-electron chi connectivity index (χ3n) is 2.57. The van der Waals surface area contributed by atoms with Crippen molar-refractivity contribution in [3.8, 4) is 5.75 Å². The number of benzene rings is 1. The Labute approximate surface area is 106 Å². The summed E-state index contributed by atoms with van der Waals surface area (Å²) >= 11 is 3.40. The monoisotopic (exact) mass is 295 g/mol. The van der Waals surface area contributed by atoms with Gasteiger partial charge in [0.15, 0.2) is 5.69 Å². The minimum Gasteiger partial charge on any atom is -0.496 e. The second-order valence-corrected chi connectivity index (χ2v) is 4.44. The summed E-state index contributed by atoms with van der Waals surface area (Å²) in [7, 11) is 1.51. The zero-order valence-corrected chi connectivity index (χ0v) is 10.9. The molecule has 88 valence electrons. The van der Waals surface area contributed by atoms with Gasteiger partial charge in [0.1, 0.15) is 5.75 Å². The highest BCUT2D eigenvalue weighted by Gasteiger charge is 2.13. The number of nitrogens with zero attached hydrogens (tertiary/aromatic N) is 1. The molecule has 1 aromatic heterocycles. The van der Waals surface area contributed by atoms with E-state index in [1.807, 2.05) is 19.1 Å². The summed E-state index contributed by atoms with van der Waals surface area (Å²) in [4.78, 5) is 15.1. The van der Waals surface area contributed by atoms with Crippen LogP contribution in [0.3, 0.4) is 0 Å².